The lowest BCUT2D eigenvalue weighted by Crippen LogP contribution is -2.29. The van der Waals surface area contributed by atoms with Gasteiger partial charge in [-0.1, -0.05) is 17.7 Å². The Hall–Kier alpha value is -3.95. The number of methoxy groups -OCH3 is 1. The Balaban J connectivity index is 1.57. The molecule has 2 aromatic carbocycles. The summed E-state index contributed by atoms with van der Waals surface area (Å²) in [7, 11) is 1.56. The van der Waals surface area contributed by atoms with E-state index in [0.29, 0.717) is 27.4 Å². The van der Waals surface area contributed by atoms with Gasteiger partial charge in [0, 0.05) is 29.6 Å². The van der Waals surface area contributed by atoms with Crippen LogP contribution in [0, 0.1) is 10.1 Å². The summed E-state index contributed by atoms with van der Waals surface area (Å²) in [5.74, 6) is 1.79. The first-order chi connectivity index (χ1) is 17.0. The maximum Gasteiger partial charge on any atom is 0.269 e. The van der Waals surface area contributed by atoms with E-state index in [4.69, 9.17) is 33.0 Å². The lowest BCUT2D eigenvalue weighted by molar-refractivity contribution is -0.384. The van der Waals surface area contributed by atoms with Crippen molar-refractivity contribution in [2.75, 3.05) is 12.0 Å². The van der Waals surface area contributed by atoms with Gasteiger partial charge in [0.15, 0.2) is 5.11 Å². The van der Waals surface area contributed by atoms with E-state index in [1.54, 1.807) is 37.6 Å². The van der Waals surface area contributed by atoms with E-state index in [0.717, 1.165) is 16.9 Å². The largest absolute Gasteiger partial charge is 0.495 e. The minimum atomic E-state index is -0.433. The number of furan rings is 1. The van der Waals surface area contributed by atoms with Crippen LogP contribution >= 0.6 is 23.8 Å². The number of anilines is 1. The second-order valence-electron chi connectivity index (χ2n) is 7.82. The first kappa shape index (κ1) is 22.8. The Bertz CT molecular complexity index is 1390. The number of hydrogen-bond donors (Lipinski definition) is 1. The Morgan fingerprint density at radius 3 is 2.60 bits per heavy atom. The Kier molecular flexibility index (Phi) is 6.10. The zero-order chi connectivity index (χ0) is 24.5. The lowest BCUT2D eigenvalue weighted by atomic mass is 10.0. The molecule has 1 N–H and O–H groups in total. The van der Waals surface area contributed by atoms with Gasteiger partial charge in [0.25, 0.3) is 5.69 Å². The third-order valence-electron chi connectivity index (χ3n) is 5.79. The molecule has 0 bridgehead atoms. The summed E-state index contributed by atoms with van der Waals surface area (Å²) in [5, 5.41) is 15.3. The van der Waals surface area contributed by atoms with Crippen molar-refractivity contribution >= 4 is 40.3 Å². The van der Waals surface area contributed by atoms with Crippen LogP contribution in [0.15, 0.2) is 83.4 Å². The fourth-order valence-electron chi connectivity index (χ4n) is 4.14. The third-order valence-corrected chi connectivity index (χ3v) is 6.40. The first-order valence-corrected chi connectivity index (χ1v) is 11.4. The van der Waals surface area contributed by atoms with Gasteiger partial charge in [-0.2, -0.15) is 0 Å². The summed E-state index contributed by atoms with van der Waals surface area (Å²) in [6.45, 7) is 0. The second-order valence-corrected chi connectivity index (χ2v) is 8.62. The van der Waals surface area contributed by atoms with Crippen LogP contribution in [-0.2, 0) is 0 Å². The van der Waals surface area contributed by atoms with Crippen LogP contribution < -0.4 is 15.0 Å². The van der Waals surface area contributed by atoms with Crippen molar-refractivity contribution in [1.29, 1.82) is 0 Å². The number of nitro groups is 1. The molecule has 10 heteroatoms. The highest BCUT2D eigenvalue weighted by molar-refractivity contribution is 7.80. The van der Waals surface area contributed by atoms with Gasteiger partial charge >= 0.3 is 0 Å². The van der Waals surface area contributed by atoms with Crippen LogP contribution in [0.5, 0.6) is 5.75 Å². The summed E-state index contributed by atoms with van der Waals surface area (Å²) >= 11 is 12.2. The number of pyridine rings is 1. The molecular formula is C25H19ClN4O4S. The van der Waals surface area contributed by atoms with Gasteiger partial charge in [-0.05, 0) is 66.8 Å². The summed E-state index contributed by atoms with van der Waals surface area (Å²) in [4.78, 5) is 17.0. The molecule has 4 aromatic rings. The standard InChI is InChI=1S/C25H19ClN4O4S/c1-33-21-10-9-17(14-18(21)26)29-24(23(28-25(29)35)19-4-2-3-13-27-19)22-12-11-20(34-22)15-5-7-16(8-6-15)30(31)32/h2-14,23-24H,1H3,(H,28,35)/t23-,24+/m0/s1. The molecule has 2 aromatic heterocycles. The summed E-state index contributed by atoms with van der Waals surface area (Å²) in [6, 6.07) is 20.5. The molecule has 0 unspecified atom stereocenters. The summed E-state index contributed by atoms with van der Waals surface area (Å²) in [5.41, 5.74) is 2.31. The number of ether oxygens (including phenoxy) is 1. The number of nitro benzene ring substituents is 1. The zero-order valence-corrected chi connectivity index (χ0v) is 20.0. The molecule has 0 saturated carbocycles. The third kappa shape index (κ3) is 4.31. The van der Waals surface area contributed by atoms with E-state index in [2.05, 4.69) is 10.3 Å². The van der Waals surface area contributed by atoms with Crippen molar-refractivity contribution < 1.29 is 14.1 Å². The smallest absolute Gasteiger partial charge is 0.269 e. The molecule has 2 atom stereocenters. The highest BCUT2D eigenvalue weighted by Crippen LogP contribution is 2.44. The van der Waals surface area contributed by atoms with Crippen molar-refractivity contribution in [1.82, 2.24) is 10.3 Å². The van der Waals surface area contributed by atoms with Crippen LogP contribution in [0.3, 0.4) is 0 Å². The quantitative estimate of drug-likeness (QED) is 0.191. The maximum absolute atomic E-state index is 11.0. The van der Waals surface area contributed by atoms with Gasteiger partial charge in [0.2, 0.25) is 0 Å². The Morgan fingerprint density at radius 2 is 1.94 bits per heavy atom. The molecular weight excluding hydrogens is 488 g/mol. The van der Waals surface area contributed by atoms with E-state index in [1.165, 1.54) is 12.1 Å². The summed E-state index contributed by atoms with van der Waals surface area (Å²) < 4.78 is 11.6. The summed E-state index contributed by atoms with van der Waals surface area (Å²) in [6.07, 6.45) is 1.73. The molecule has 1 aliphatic heterocycles. The average Bonchev–Trinajstić information content (AvgIpc) is 3.49. The number of thiocarbonyl (C=S) groups is 1. The van der Waals surface area contributed by atoms with E-state index in [-0.39, 0.29) is 17.8 Å². The lowest BCUT2D eigenvalue weighted by Gasteiger charge is -2.26. The number of nitrogens with zero attached hydrogens (tertiary/aromatic N) is 3. The number of aromatic nitrogens is 1. The van der Waals surface area contributed by atoms with Crippen molar-refractivity contribution in [3.05, 3.63) is 106 Å². The molecule has 5 rings (SSSR count). The molecule has 0 amide bonds. The molecule has 0 radical (unpaired) electrons. The van der Waals surface area contributed by atoms with E-state index >= 15 is 0 Å². The number of nitrogens with one attached hydrogen (secondary N) is 1. The number of hydrogen-bond acceptors (Lipinski definition) is 6. The van der Waals surface area contributed by atoms with Crippen molar-refractivity contribution in [2.24, 2.45) is 0 Å². The average molecular weight is 507 g/mol. The highest BCUT2D eigenvalue weighted by atomic mass is 35.5. The zero-order valence-electron chi connectivity index (χ0n) is 18.4. The Labute approximate surface area is 211 Å². The van der Waals surface area contributed by atoms with Crippen molar-refractivity contribution in [3.63, 3.8) is 0 Å². The predicted molar refractivity (Wildman–Crippen MR) is 137 cm³/mol. The van der Waals surface area contributed by atoms with Gasteiger partial charge in [-0.15, -0.1) is 0 Å². The predicted octanol–water partition coefficient (Wildman–Crippen LogP) is 6.09. The Morgan fingerprint density at radius 1 is 1.14 bits per heavy atom. The molecule has 3 heterocycles. The van der Waals surface area contributed by atoms with Gasteiger partial charge in [-0.25, -0.2) is 0 Å². The topological polar surface area (TPSA) is 93.7 Å². The number of rotatable bonds is 6. The number of non-ortho nitro benzene ring substituents is 1. The van der Waals surface area contributed by atoms with Crippen LogP contribution in [0.25, 0.3) is 11.3 Å². The van der Waals surface area contributed by atoms with E-state index in [1.807, 2.05) is 41.3 Å². The molecule has 1 aliphatic rings. The van der Waals surface area contributed by atoms with Crippen LogP contribution in [-0.4, -0.2) is 22.1 Å². The van der Waals surface area contributed by atoms with E-state index < -0.39 is 4.92 Å². The number of halogens is 1. The molecule has 1 fully saturated rings. The highest BCUT2D eigenvalue weighted by Gasteiger charge is 2.42. The normalized spacial score (nSPS) is 17.3. The SMILES string of the molecule is COc1ccc(N2C(=S)N[C@@H](c3ccccn3)[C@H]2c2ccc(-c3ccc([N+](=O)[O-])cc3)o2)cc1Cl. The monoisotopic (exact) mass is 506 g/mol. The van der Waals surface area contributed by atoms with Crippen LogP contribution in [0.1, 0.15) is 23.5 Å². The van der Waals surface area contributed by atoms with Crippen LogP contribution in [0.4, 0.5) is 11.4 Å². The van der Waals surface area contributed by atoms with Crippen molar-refractivity contribution in [2.45, 2.75) is 12.1 Å². The maximum atomic E-state index is 11.0. The molecule has 8 nitrogen and oxygen atoms in total. The molecule has 0 aliphatic carbocycles. The molecule has 1 saturated heterocycles. The molecule has 0 spiro atoms. The van der Waals surface area contributed by atoms with Gasteiger partial charge < -0.3 is 19.4 Å². The fraction of sp³-hybridized carbons (Fsp3) is 0.120. The van der Waals surface area contributed by atoms with Gasteiger partial charge in [-0.3, -0.25) is 15.1 Å². The minimum absolute atomic E-state index is 0.0173. The van der Waals surface area contributed by atoms with Gasteiger partial charge in [0.1, 0.15) is 23.3 Å². The molecule has 176 valence electrons. The minimum Gasteiger partial charge on any atom is -0.495 e. The van der Waals surface area contributed by atoms with Gasteiger partial charge in [0.05, 0.1) is 28.8 Å². The van der Waals surface area contributed by atoms with E-state index in [9.17, 15) is 10.1 Å². The number of benzene rings is 2. The fourth-order valence-corrected chi connectivity index (χ4v) is 4.74. The van der Waals surface area contributed by atoms with Crippen molar-refractivity contribution in [3.8, 4) is 17.1 Å². The molecule has 35 heavy (non-hydrogen) atoms. The second kappa shape index (κ2) is 9.36. The first-order valence-electron chi connectivity index (χ1n) is 10.6. The van der Waals surface area contributed by atoms with Crippen LogP contribution in [0.2, 0.25) is 5.02 Å².